The summed E-state index contributed by atoms with van der Waals surface area (Å²) in [6, 6.07) is 10.0. The lowest BCUT2D eigenvalue weighted by Gasteiger charge is -2.30. The van der Waals surface area contributed by atoms with E-state index in [-0.39, 0.29) is 0 Å². The number of hydrogen-bond acceptors (Lipinski definition) is 0. The fourth-order valence-corrected chi connectivity index (χ4v) is 3.36. The molecule has 1 saturated heterocycles. The molecule has 24 heavy (non-hydrogen) atoms. The third-order valence-corrected chi connectivity index (χ3v) is 4.65. The highest BCUT2D eigenvalue weighted by molar-refractivity contribution is 5.28. The molecule has 3 rings (SSSR count). The molecule has 6 heteroatoms. The van der Waals surface area contributed by atoms with Crippen molar-refractivity contribution < 1.29 is 28.0 Å². The molecule has 0 aliphatic carbocycles. The lowest BCUT2D eigenvalue weighted by atomic mass is 10.1. The van der Waals surface area contributed by atoms with E-state index in [0.29, 0.717) is 12.1 Å². The molecule has 128 valence electrons. The zero-order chi connectivity index (χ0) is 17.0. The maximum absolute atomic E-state index is 13.1. The molecule has 0 saturated carbocycles. The first-order valence-corrected chi connectivity index (χ1v) is 8.29. The van der Waals surface area contributed by atoms with Crippen molar-refractivity contribution in [2.75, 3.05) is 26.2 Å². The summed E-state index contributed by atoms with van der Waals surface area (Å²) in [4.78, 5) is 5.81. The van der Waals surface area contributed by atoms with Crippen LogP contribution < -0.4 is 14.8 Å². The Morgan fingerprint density at radius 3 is 2.17 bits per heavy atom. The van der Waals surface area contributed by atoms with E-state index in [1.54, 1.807) is 12.1 Å². The van der Waals surface area contributed by atoms with Crippen LogP contribution >= 0.6 is 0 Å². The molecule has 1 fully saturated rings. The summed E-state index contributed by atoms with van der Waals surface area (Å²) in [7, 11) is 0. The van der Waals surface area contributed by atoms with E-state index < -0.39 is 11.7 Å². The van der Waals surface area contributed by atoms with Gasteiger partial charge in [-0.1, -0.05) is 18.2 Å². The van der Waals surface area contributed by atoms with Gasteiger partial charge in [0.25, 0.3) is 0 Å². The molecule has 0 radical (unpaired) electrons. The van der Waals surface area contributed by atoms with Crippen LogP contribution in [0, 0.1) is 0 Å². The number of H-pyrrole nitrogens is 1. The lowest BCUT2D eigenvalue weighted by molar-refractivity contribution is -1.02. The van der Waals surface area contributed by atoms with Crippen molar-refractivity contribution in [3.05, 3.63) is 65.5 Å². The number of piperazine rings is 1. The van der Waals surface area contributed by atoms with Crippen LogP contribution in [0.2, 0.25) is 0 Å². The monoisotopic (exact) mass is 338 g/mol. The first-order chi connectivity index (χ1) is 11.5. The summed E-state index contributed by atoms with van der Waals surface area (Å²) in [6.45, 7) is 5.18. The number of alkyl halides is 3. The van der Waals surface area contributed by atoms with Gasteiger partial charge in [-0.05, 0) is 12.1 Å². The molecule has 3 nitrogen and oxygen atoms in total. The van der Waals surface area contributed by atoms with Crippen molar-refractivity contribution >= 4 is 0 Å². The summed E-state index contributed by atoms with van der Waals surface area (Å²) < 4.78 is 39.3. The molecule has 0 amide bonds. The van der Waals surface area contributed by atoms with Gasteiger partial charge in [0, 0.05) is 11.6 Å². The predicted octanol–water partition coefficient (Wildman–Crippen LogP) is 0.00310. The standard InChI is InChI=1S/C18H20F3N3/c19-18(20,21)17-6-2-1-5-16(17)14-24-10-8-23(9-11-24)13-15-4-3-7-22-12-15/h1-7,12H,8-11,13-14H2/p+3. The van der Waals surface area contributed by atoms with Crippen LogP contribution in [-0.2, 0) is 19.3 Å². The molecule has 0 spiro atoms. The van der Waals surface area contributed by atoms with E-state index in [2.05, 4.69) is 11.1 Å². The number of nitrogens with one attached hydrogen (secondary N) is 3. The third kappa shape index (κ3) is 4.33. The quantitative estimate of drug-likeness (QED) is 0.784. The Hall–Kier alpha value is -1.92. The normalized spacial score (nSPS) is 21.6. The van der Waals surface area contributed by atoms with Crippen LogP contribution in [0.25, 0.3) is 0 Å². The molecule has 3 N–H and O–H groups in total. The Labute approximate surface area is 139 Å². The number of aromatic amines is 1. The van der Waals surface area contributed by atoms with Crippen LogP contribution in [0.1, 0.15) is 16.7 Å². The third-order valence-electron chi connectivity index (χ3n) is 4.65. The van der Waals surface area contributed by atoms with Gasteiger partial charge in [-0.25, -0.2) is 4.98 Å². The summed E-state index contributed by atoms with van der Waals surface area (Å²) in [6.07, 6.45) is -0.377. The maximum Gasteiger partial charge on any atom is 0.416 e. The van der Waals surface area contributed by atoms with Gasteiger partial charge in [0.05, 0.1) is 11.1 Å². The highest BCUT2D eigenvalue weighted by atomic mass is 19.4. The zero-order valence-corrected chi connectivity index (χ0v) is 13.5. The second-order valence-electron chi connectivity index (χ2n) is 6.42. The average molecular weight is 338 g/mol. The van der Waals surface area contributed by atoms with E-state index >= 15 is 0 Å². The Morgan fingerprint density at radius 2 is 1.54 bits per heavy atom. The van der Waals surface area contributed by atoms with Gasteiger partial charge in [-0.15, -0.1) is 0 Å². The van der Waals surface area contributed by atoms with Crippen molar-refractivity contribution in [1.82, 2.24) is 0 Å². The van der Waals surface area contributed by atoms with Crippen LogP contribution in [0.3, 0.4) is 0 Å². The highest BCUT2D eigenvalue weighted by Gasteiger charge is 2.34. The Bertz CT molecular complexity index is 650. The van der Waals surface area contributed by atoms with Crippen LogP contribution in [0.5, 0.6) is 0 Å². The molecule has 1 aliphatic heterocycles. The molecule has 0 unspecified atom stereocenters. The van der Waals surface area contributed by atoms with Crippen molar-refractivity contribution in [1.29, 1.82) is 0 Å². The Balaban J connectivity index is 1.56. The lowest BCUT2D eigenvalue weighted by Crippen LogP contribution is -3.27. The van der Waals surface area contributed by atoms with E-state index in [1.165, 1.54) is 27.5 Å². The van der Waals surface area contributed by atoms with Crippen molar-refractivity contribution in [2.24, 2.45) is 0 Å². The summed E-state index contributed by atoms with van der Waals surface area (Å²) >= 11 is 0. The fourth-order valence-electron chi connectivity index (χ4n) is 3.36. The smallest absolute Gasteiger partial charge is 0.322 e. The molecule has 1 aliphatic rings. The number of benzene rings is 1. The summed E-state index contributed by atoms with van der Waals surface area (Å²) in [5.74, 6) is 0. The van der Waals surface area contributed by atoms with Crippen molar-refractivity contribution in [3.63, 3.8) is 0 Å². The molecular formula is C18H23F3N3+3. The Morgan fingerprint density at radius 1 is 0.875 bits per heavy atom. The van der Waals surface area contributed by atoms with Crippen molar-refractivity contribution in [3.8, 4) is 0 Å². The number of hydrogen-bond donors (Lipinski definition) is 2. The SMILES string of the molecule is FC(F)(F)c1ccccc1C[NH+]1CC[NH+](Cc2ccc[nH+]c2)CC1. The van der Waals surface area contributed by atoms with Gasteiger partial charge in [0.1, 0.15) is 39.3 Å². The van der Waals surface area contributed by atoms with E-state index in [9.17, 15) is 13.2 Å². The average Bonchev–Trinajstić information content (AvgIpc) is 2.57. The molecule has 1 aromatic heterocycles. The van der Waals surface area contributed by atoms with E-state index in [1.807, 2.05) is 18.5 Å². The number of quaternary nitrogens is 2. The van der Waals surface area contributed by atoms with Gasteiger partial charge in [0.15, 0.2) is 12.4 Å². The maximum atomic E-state index is 13.1. The second kappa shape index (κ2) is 7.32. The van der Waals surface area contributed by atoms with E-state index in [4.69, 9.17) is 0 Å². The van der Waals surface area contributed by atoms with Gasteiger partial charge < -0.3 is 9.80 Å². The van der Waals surface area contributed by atoms with Crippen molar-refractivity contribution in [2.45, 2.75) is 19.3 Å². The molecule has 2 heterocycles. The Kier molecular flexibility index (Phi) is 5.16. The van der Waals surface area contributed by atoms with E-state index in [0.717, 1.165) is 32.7 Å². The number of pyridine rings is 1. The molecule has 0 atom stereocenters. The minimum absolute atomic E-state index is 0.404. The first-order valence-electron chi connectivity index (χ1n) is 8.29. The van der Waals surface area contributed by atoms with Gasteiger partial charge >= 0.3 is 6.18 Å². The van der Waals surface area contributed by atoms with Gasteiger partial charge in [-0.2, -0.15) is 13.2 Å². The van der Waals surface area contributed by atoms with Crippen LogP contribution in [-0.4, -0.2) is 26.2 Å². The minimum Gasteiger partial charge on any atom is -0.322 e. The minimum atomic E-state index is -4.27. The van der Waals surface area contributed by atoms with Gasteiger partial charge in [-0.3, -0.25) is 0 Å². The predicted molar refractivity (Wildman–Crippen MR) is 83.2 cm³/mol. The summed E-state index contributed by atoms with van der Waals surface area (Å²) in [5.41, 5.74) is 1.17. The summed E-state index contributed by atoms with van der Waals surface area (Å²) in [5, 5.41) is 0. The highest BCUT2D eigenvalue weighted by Crippen LogP contribution is 2.31. The molecular weight excluding hydrogens is 315 g/mol. The van der Waals surface area contributed by atoms with Crippen LogP contribution in [0.4, 0.5) is 13.2 Å². The first kappa shape index (κ1) is 16.9. The van der Waals surface area contributed by atoms with Crippen LogP contribution in [0.15, 0.2) is 48.8 Å². The number of rotatable bonds is 4. The van der Waals surface area contributed by atoms with Gasteiger partial charge in [0.2, 0.25) is 0 Å². The molecule has 0 bridgehead atoms. The molecule has 1 aromatic carbocycles. The molecule has 2 aromatic rings. The fraction of sp³-hybridized carbons (Fsp3) is 0.389. The largest absolute Gasteiger partial charge is 0.416 e. The number of halogens is 3. The zero-order valence-electron chi connectivity index (χ0n) is 13.5. The second-order valence-corrected chi connectivity index (χ2v) is 6.42. The number of aromatic nitrogens is 1. The topological polar surface area (TPSA) is 23.0 Å².